The molecule has 7 nitrogen and oxygen atoms in total. The molecule has 3 aromatic rings. The summed E-state index contributed by atoms with van der Waals surface area (Å²) in [5, 5.41) is 3.79. The third-order valence-electron chi connectivity index (χ3n) is 5.17. The van der Waals surface area contributed by atoms with Gasteiger partial charge in [-0.15, -0.1) is 0 Å². The summed E-state index contributed by atoms with van der Waals surface area (Å²) in [4.78, 5) is 35.5. The third-order valence-corrected chi connectivity index (χ3v) is 6.47. The number of oxazole rings is 1. The maximum Gasteiger partial charge on any atom is 0.265 e. The summed E-state index contributed by atoms with van der Waals surface area (Å²) in [6, 6.07) is 7.67. The first-order chi connectivity index (χ1) is 14.9. The predicted octanol–water partition coefficient (Wildman–Crippen LogP) is 4.66. The minimum atomic E-state index is -0.205. The molecule has 9 heteroatoms. The van der Waals surface area contributed by atoms with E-state index in [0.29, 0.717) is 46.1 Å². The zero-order chi connectivity index (χ0) is 22.0. The van der Waals surface area contributed by atoms with Gasteiger partial charge < -0.3 is 14.6 Å². The first kappa shape index (κ1) is 21.5. The Bertz CT molecular complexity index is 1110. The van der Waals surface area contributed by atoms with E-state index in [4.69, 9.17) is 16.0 Å². The van der Waals surface area contributed by atoms with Gasteiger partial charge in [0.25, 0.3) is 5.91 Å². The minimum absolute atomic E-state index is 0.0499. The lowest BCUT2D eigenvalue weighted by molar-refractivity contribution is -0.114. The van der Waals surface area contributed by atoms with E-state index in [1.54, 1.807) is 13.1 Å². The van der Waals surface area contributed by atoms with Crippen molar-refractivity contribution in [1.82, 2.24) is 14.9 Å². The van der Waals surface area contributed by atoms with Crippen LogP contribution in [0.15, 0.2) is 34.9 Å². The Morgan fingerprint density at radius 1 is 1.39 bits per heavy atom. The molecule has 0 spiro atoms. The number of aromatic nitrogens is 2. The normalized spacial score (nSPS) is 16.4. The fourth-order valence-corrected chi connectivity index (χ4v) is 4.94. The van der Waals surface area contributed by atoms with E-state index in [1.165, 1.54) is 18.3 Å². The van der Waals surface area contributed by atoms with E-state index < -0.39 is 0 Å². The Hall–Kier alpha value is -2.71. The van der Waals surface area contributed by atoms with Crippen LogP contribution in [-0.4, -0.2) is 39.8 Å². The van der Waals surface area contributed by atoms with E-state index in [2.05, 4.69) is 15.3 Å². The average molecular weight is 459 g/mol. The molecule has 1 aromatic carbocycles. The van der Waals surface area contributed by atoms with Gasteiger partial charge in [0.15, 0.2) is 11.0 Å². The SMILES string of the molecule is CC(=O)Nc1nc(C)c(C(=O)N2CCCC(c3ncc(Cc4cccc(Cl)c4)o3)C2)s1. The van der Waals surface area contributed by atoms with Crippen LogP contribution in [0.4, 0.5) is 5.13 Å². The molecule has 2 aromatic heterocycles. The van der Waals surface area contributed by atoms with Crippen LogP contribution in [0, 0.1) is 6.92 Å². The lowest BCUT2D eigenvalue weighted by Gasteiger charge is -2.31. The number of carbonyl (C=O) groups is 2. The van der Waals surface area contributed by atoms with E-state index in [9.17, 15) is 9.59 Å². The van der Waals surface area contributed by atoms with E-state index in [0.717, 1.165) is 24.2 Å². The molecule has 1 atom stereocenters. The number of hydrogen-bond acceptors (Lipinski definition) is 6. The summed E-state index contributed by atoms with van der Waals surface area (Å²) in [5.74, 6) is 1.22. The van der Waals surface area contributed by atoms with Gasteiger partial charge in [0.2, 0.25) is 5.91 Å². The molecule has 2 amide bonds. The van der Waals surface area contributed by atoms with E-state index >= 15 is 0 Å². The van der Waals surface area contributed by atoms with Crippen molar-refractivity contribution >= 4 is 39.9 Å². The van der Waals surface area contributed by atoms with Crippen molar-refractivity contribution in [3.8, 4) is 0 Å². The zero-order valence-electron chi connectivity index (χ0n) is 17.4. The molecule has 3 heterocycles. The van der Waals surface area contributed by atoms with Crippen LogP contribution in [0.1, 0.15) is 58.3 Å². The summed E-state index contributed by atoms with van der Waals surface area (Å²) in [6.45, 7) is 4.43. The molecule has 1 aliphatic heterocycles. The summed E-state index contributed by atoms with van der Waals surface area (Å²) in [6.07, 6.45) is 4.16. The lowest BCUT2D eigenvalue weighted by atomic mass is 9.98. The number of anilines is 1. The van der Waals surface area contributed by atoms with Crippen LogP contribution < -0.4 is 5.32 Å². The number of hydrogen-bond donors (Lipinski definition) is 1. The van der Waals surface area contributed by atoms with Crippen LogP contribution in [0.5, 0.6) is 0 Å². The zero-order valence-corrected chi connectivity index (χ0v) is 18.9. The summed E-state index contributed by atoms with van der Waals surface area (Å²) in [7, 11) is 0. The van der Waals surface area contributed by atoms with Crippen molar-refractivity contribution < 1.29 is 14.0 Å². The van der Waals surface area contributed by atoms with Crippen LogP contribution >= 0.6 is 22.9 Å². The number of piperidine rings is 1. The first-order valence-electron chi connectivity index (χ1n) is 10.1. The summed E-state index contributed by atoms with van der Waals surface area (Å²) < 4.78 is 6.02. The molecule has 1 unspecified atom stereocenters. The Labute approximate surface area is 189 Å². The highest BCUT2D eigenvalue weighted by atomic mass is 35.5. The number of aryl methyl sites for hydroxylation is 1. The number of halogens is 1. The van der Waals surface area contributed by atoms with Gasteiger partial charge in [-0.3, -0.25) is 9.59 Å². The number of rotatable bonds is 5. The number of benzene rings is 1. The Morgan fingerprint density at radius 3 is 3.00 bits per heavy atom. The number of amides is 2. The highest BCUT2D eigenvalue weighted by molar-refractivity contribution is 7.17. The Kier molecular flexibility index (Phi) is 6.38. The van der Waals surface area contributed by atoms with Crippen LogP contribution in [0.25, 0.3) is 0 Å². The van der Waals surface area contributed by atoms with Crippen LogP contribution in [0.2, 0.25) is 5.02 Å². The van der Waals surface area contributed by atoms with Crippen molar-refractivity contribution in [3.63, 3.8) is 0 Å². The van der Waals surface area contributed by atoms with Crippen LogP contribution in [-0.2, 0) is 11.2 Å². The van der Waals surface area contributed by atoms with Crippen molar-refractivity contribution in [2.24, 2.45) is 0 Å². The van der Waals surface area contributed by atoms with Gasteiger partial charge in [0.05, 0.1) is 17.8 Å². The molecule has 0 saturated carbocycles. The topological polar surface area (TPSA) is 88.3 Å². The largest absolute Gasteiger partial charge is 0.445 e. The maximum absolute atomic E-state index is 13.1. The first-order valence-corrected chi connectivity index (χ1v) is 11.3. The second-order valence-corrected chi connectivity index (χ2v) is 9.11. The van der Waals surface area contributed by atoms with Crippen molar-refractivity contribution in [3.05, 3.63) is 63.3 Å². The number of carbonyl (C=O) groups excluding carboxylic acids is 2. The molecule has 0 bridgehead atoms. The van der Waals surface area contributed by atoms with Gasteiger partial charge >= 0.3 is 0 Å². The predicted molar refractivity (Wildman–Crippen MR) is 120 cm³/mol. The standard InChI is InChI=1S/C22H23ClN4O3S/c1-13-19(31-22(25-13)26-14(2)28)21(29)27-8-4-6-16(12-27)20-24-11-18(30-20)10-15-5-3-7-17(23)9-15/h3,5,7,9,11,16H,4,6,8,10,12H2,1-2H3,(H,25,26,28). The summed E-state index contributed by atoms with van der Waals surface area (Å²) in [5.41, 5.74) is 1.69. The molecule has 1 saturated heterocycles. The molecular weight excluding hydrogens is 436 g/mol. The number of nitrogens with one attached hydrogen (secondary N) is 1. The smallest absolute Gasteiger partial charge is 0.265 e. The van der Waals surface area contributed by atoms with E-state index in [-0.39, 0.29) is 17.7 Å². The number of nitrogens with zero attached hydrogens (tertiary/aromatic N) is 3. The molecular formula is C22H23ClN4O3S. The van der Waals surface area contributed by atoms with Gasteiger partial charge in [0, 0.05) is 31.5 Å². The molecule has 0 radical (unpaired) electrons. The quantitative estimate of drug-likeness (QED) is 0.600. The van der Waals surface area contributed by atoms with Crippen LogP contribution in [0.3, 0.4) is 0 Å². The second kappa shape index (κ2) is 9.20. The highest BCUT2D eigenvalue weighted by Gasteiger charge is 2.30. The molecule has 1 fully saturated rings. The third kappa shape index (κ3) is 5.14. The molecule has 31 heavy (non-hydrogen) atoms. The molecule has 1 aliphatic rings. The molecule has 162 valence electrons. The second-order valence-electron chi connectivity index (χ2n) is 7.68. The Morgan fingerprint density at radius 2 is 2.23 bits per heavy atom. The molecule has 1 N–H and O–H groups in total. The molecule has 4 rings (SSSR count). The van der Waals surface area contributed by atoms with Crippen molar-refractivity contribution in [2.45, 2.75) is 39.0 Å². The van der Waals surface area contributed by atoms with Gasteiger partial charge in [-0.25, -0.2) is 9.97 Å². The van der Waals surface area contributed by atoms with E-state index in [1.807, 2.05) is 29.2 Å². The Balaban J connectivity index is 1.44. The van der Waals surface area contributed by atoms with Gasteiger partial charge in [0.1, 0.15) is 10.6 Å². The lowest BCUT2D eigenvalue weighted by Crippen LogP contribution is -2.39. The van der Waals surface area contributed by atoms with Gasteiger partial charge in [-0.1, -0.05) is 35.1 Å². The highest BCUT2D eigenvalue weighted by Crippen LogP contribution is 2.30. The van der Waals surface area contributed by atoms with Crippen molar-refractivity contribution in [2.75, 3.05) is 18.4 Å². The minimum Gasteiger partial charge on any atom is -0.445 e. The maximum atomic E-state index is 13.1. The van der Waals surface area contributed by atoms with Gasteiger partial charge in [-0.2, -0.15) is 0 Å². The van der Waals surface area contributed by atoms with Crippen molar-refractivity contribution in [1.29, 1.82) is 0 Å². The number of thiazole rings is 1. The van der Waals surface area contributed by atoms with Gasteiger partial charge in [-0.05, 0) is 37.5 Å². The monoisotopic (exact) mass is 458 g/mol. The fourth-order valence-electron chi connectivity index (χ4n) is 3.75. The summed E-state index contributed by atoms with van der Waals surface area (Å²) >= 11 is 7.27. The number of likely N-dealkylation sites (tertiary alicyclic amines) is 1. The average Bonchev–Trinajstić information content (AvgIpc) is 3.33. The molecule has 0 aliphatic carbocycles. The fraction of sp³-hybridized carbons (Fsp3) is 0.364.